The van der Waals surface area contributed by atoms with Crippen molar-refractivity contribution in [2.45, 2.75) is 52.3 Å². The van der Waals surface area contributed by atoms with Crippen molar-refractivity contribution in [3.63, 3.8) is 0 Å². The predicted octanol–water partition coefficient (Wildman–Crippen LogP) is 6.74. The Hall–Kier alpha value is -3.41. The van der Waals surface area contributed by atoms with Gasteiger partial charge in [-0.15, -0.1) is 0 Å². The van der Waals surface area contributed by atoms with Gasteiger partial charge in [-0.3, -0.25) is 4.90 Å². The van der Waals surface area contributed by atoms with Crippen LogP contribution in [-0.2, 0) is 20.1 Å². The van der Waals surface area contributed by atoms with E-state index in [0.29, 0.717) is 13.1 Å². The Morgan fingerprint density at radius 1 is 0.917 bits per heavy atom. The van der Waals surface area contributed by atoms with Crippen LogP contribution in [0.4, 0.5) is 0 Å². The van der Waals surface area contributed by atoms with E-state index in [9.17, 15) is 5.11 Å². The molecule has 4 aromatic rings. The minimum Gasteiger partial charge on any atom is -0.439 e. The molecule has 188 valence electrons. The van der Waals surface area contributed by atoms with Gasteiger partial charge in [0.1, 0.15) is 11.4 Å². The number of benzene rings is 3. The Labute approximate surface area is 215 Å². The standard InChI is InChI=1S/C31H37N3O2/c1-4-5-16-27(35)22-34(21-25-12-8-6-9-13-25)23-29-30(26-14-10-7-11-15-26)32-33(3)31(29)36-28-19-17-24(2)18-20-28/h6-15,17-20,27,35H,4-5,16,21-23H2,1-3H3/t27-/m1/s1. The molecule has 1 N–H and O–H groups in total. The third-order valence-electron chi connectivity index (χ3n) is 6.36. The van der Waals surface area contributed by atoms with Crippen LogP contribution in [0.5, 0.6) is 11.6 Å². The number of rotatable bonds is 12. The second-order valence-electron chi connectivity index (χ2n) is 9.49. The third-order valence-corrected chi connectivity index (χ3v) is 6.36. The van der Waals surface area contributed by atoms with Crippen LogP contribution in [0.3, 0.4) is 0 Å². The van der Waals surface area contributed by atoms with E-state index >= 15 is 0 Å². The van der Waals surface area contributed by atoms with Crippen molar-refractivity contribution in [1.82, 2.24) is 14.7 Å². The molecule has 36 heavy (non-hydrogen) atoms. The maximum absolute atomic E-state index is 10.8. The lowest BCUT2D eigenvalue weighted by Crippen LogP contribution is -2.32. The maximum atomic E-state index is 10.8. The van der Waals surface area contributed by atoms with E-state index in [1.807, 2.05) is 48.1 Å². The summed E-state index contributed by atoms with van der Waals surface area (Å²) in [6.45, 7) is 6.15. The smallest absolute Gasteiger partial charge is 0.222 e. The molecule has 0 saturated heterocycles. The largest absolute Gasteiger partial charge is 0.439 e. The molecule has 0 aliphatic heterocycles. The summed E-state index contributed by atoms with van der Waals surface area (Å²) in [7, 11) is 1.93. The minimum atomic E-state index is -0.382. The first-order valence-corrected chi connectivity index (χ1v) is 12.8. The molecule has 0 spiro atoms. The maximum Gasteiger partial charge on any atom is 0.222 e. The van der Waals surface area contributed by atoms with Gasteiger partial charge in [-0.25, -0.2) is 4.68 Å². The number of aromatic nitrogens is 2. The predicted molar refractivity (Wildman–Crippen MR) is 146 cm³/mol. The lowest BCUT2D eigenvalue weighted by atomic mass is 10.1. The number of aliphatic hydroxyl groups excluding tert-OH is 1. The summed E-state index contributed by atoms with van der Waals surface area (Å²) in [5, 5.41) is 15.7. The van der Waals surface area contributed by atoms with Gasteiger partial charge in [-0.1, -0.05) is 98.1 Å². The lowest BCUT2D eigenvalue weighted by Gasteiger charge is -2.26. The molecule has 5 nitrogen and oxygen atoms in total. The second-order valence-corrected chi connectivity index (χ2v) is 9.49. The van der Waals surface area contributed by atoms with E-state index in [1.165, 1.54) is 11.1 Å². The van der Waals surface area contributed by atoms with Crippen LogP contribution in [0.1, 0.15) is 42.9 Å². The van der Waals surface area contributed by atoms with Crippen molar-refractivity contribution in [2.75, 3.05) is 6.54 Å². The van der Waals surface area contributed by atoms with Gasteiger partial charge in [0.15, 0.2) is 0 Å². The molecule has 0 bridgehead atoms. The van der Waals surface area contributed by atoms with E-state index < -0.39 is 0 Å². The van der Waals surface area contributed by atoms with E-state index in [4.69, 9.17) is 9.84 Å². The number of hydrogen-bond acceptors (Lipinski definition) is 4. The monoisotopic (exact) mass is 483 g/mol. The lowest BCUT2D eigenvalue weighted by molar-refractivity contribution is 0.0954. The molecule has 0 saturated carbocycles. The first kappa shape index (κ1) is 25.7. The van der Waals surface area contributed by atoms with Crippen LogP contribution < -0.4 is 4.74 Å². The topological polar surface area (TPSA) is 50.5 Å². The summed E-state index contributed by atoms with van der Waals surface area (Å²) in [5.74, 6) is 1.50. The van der Waals surface area contributed by atoms with Crippen molar-refractivity contribution in [3.8, 4) is 22.9 Å². The van der Waals surface area contributed by atoms with Crippen molar-refractivity contribution in [2.24, 2.45) is 7.05 Å². The van der Waals surface area contributed by atoms with Gasteiger partial charge in [0.05, 0.1) is 11.7 Å². The highest BCUT2D eigenvalue weighted by molar-refractivity contribution is 5.65. The number of nitrogens with zero attached hydrogens (tertiary/aromatic N) is 3. The summed E-state index contributed by atoms with van der Waals surface area (Å²) in [4.78, 5) is 2.31. The van der Waals surface area contributed by atoms with E-state index in [1.54, 1.807) is 0 Å². The first-order valence-electron chi connectivity index (χ1n) is 12.8. The molecule has 0 fully saturated rings. The normalized spacial score (nSPS) is 12.1. The third kappa shape index (κ3) is 6.84. The van der Waals surface area contributed by atoms with Crippen molar-refractivity contribution in [1.29, 1.82) is 0 Å². The van der Waals surface area contributed by atoms with E-state index in [0.717, 1.165) is 54.3 Å². The highest BCUT2D eigenvalue weighted by Crippen LogP contribution is 2.34. The van der Waals surface area contributed by atoms with Crippen LogP contribution in [0, 0.1) is 6.92 Å². The average molecular weight is 484 g/mol. The summed E-state index contributed by atoms with van der Waals surface area (Å²) in [6, 6.07) is 28.8. The molecule has 4 rings (SSSR count). The summed E-state index contributed by atoms with van der Waals surface area (Å²) < 4.78 is 8.25. The Morgan fingerprint density at radius 3 is 2.25 bits per heavy atom. The molecule has 0 amide bonds. The Kier molecular flexibility index (Phi) is 8.93. The highest BCUT2D eigenvalue weighted by Gasteiger charge is 2.23. The summed E-state index contributed by atoms with van der Waals surface area (Å²) in [5.41, 5.74) is 5.37. The Bertz CT molecular complexity index is 1200. The van der Waals surface area contributed by atoms with Gasteiger partial charge >= 0.3 is 0 Å². The number of aliphatic hydroxyl groups is 1. The van der Waals surface area contributed by atoms with Crippen molar-refractivity contribution >= 4 is 0 Å². The zero-order valence-corrected chi connectivity index (χ0v) is 21.6. The number of ether oxygens (including phenoxy) is 1. The number of hydrogen-bond donors (Lipinski definition) is 1. The van der Waals surface area contributed by atoms with Gasteiger partial charge in [-0.2, -0.15) is 5.10 Å². The average Bonchev–Trinajstić information content (AvgIpc) is 3.19. The number of unbranched alkanes of at least 4 members (excludes halogenated alkanes) is 1. The fourth-order valence-electron chi connectivity index (χ4n) is 4.45. The molecular formula is C31H37N3O2. The fraction of sp³-hybridized carbons (Fsp3) is 0.323. The van der Waals surface area contributed by atoms with Crippen LogP contribution in [0.25, 0.3) is 11.3 Å². The van der Waals surface area contributed by atoms with Gasteiger partial charge in [-0.05, 0) is 31.0 Å². The molecule has 1 heterocycles. The summed E-state index contributed by atoms with van der Waals surface area (Å²) in [6.07, 6.45) is 2.51. The zero-order valence-electron chi connectivity index (χ0n) is 21.6. The van der Waals surface area contributed by atoms with Gasteiger partial charge in [0, 0.05) is 32.2 Å². The Balaban J connectivity index is 1.70. The molecule has 0 aliphatic carbocycles. The molecular weight excluding hydrogens is 446 g/mol. The first-order chi connectivity index (χ1) is 17.5. The summed E-state index contributed by atoms with van der Waals surface area (Å²) >= 11 is 0. The second kappa shape index (κ2) is 12.5. The Morgan fingerprint density at radius 2 is 1.58 bits per heavy atom. The molecule has 0 aliphatic rings. The van der Waals surface area contributed by atoms with Gasteiger partial charge in [0.25, 0.3) is 0 Å². The van der Waals surface area contributed by atoms with Crippen LogP contribution in [0.15, 0.2) is 84.9 Å². The SMILES string of the molecule is CCCC[C@@H](O)CN(Cc1ccccc1)Cc1c(-c2ccccc2)nn(C)c1Oc1ccc(C)cc1. The van der Waals surface area contributed by atoms with E-state index in [2.05, 4.69) is 67.3 Å². The minimum absolute atomic E-state index is 0.382. The van der Waals surface area contributed by atoms with E-state index in [-0.39, 0.29) is 6.10 Å². The zero-order chi connectivity index (χ0) is 25.3. The quantitative estimate of drug-likeness (QED) is 0.242. The molecule has 0 unspecified atom stereocenters. The van der Waals surface area contributed by atoms with Crippen LogP contribution in [-0.4, -0.2) is 32.4 Å². The fourth-order valence-corrected chi connectivity index (χ4v) is 4.45. The molecule has 0 radical (unpaired) electrons. The number of aryl methyl sites for hydroxylation is 2. The molecule has 1 atom stereocenters. The van der Waals surface area contributed by atoms with Gasteiger partial charge < -0.3 is 9.84 Å². The van der Waals surface area contributed by atoms with Crippen molar-refractivity contribution in [3.05, 3.63) is 102 Å². The molecule has 3 aromatic carbocycles. The van der Waals surface area contributed by atoms with Crippen molar-refractivity contribution < 1.29 is 9.84 Å². The molecule has 5 heteroatoms. The van der Waals surface area contributed by atoms with Crippen LogP contribution in [0.2, 0.25) is 0 Å². The van der Waals surface area contributed by atoms with Gasteiger partial charge in [0.2, 0.25) is 5.88 Å². The highest BCUT2D eigenvalue weighted by atomic mass is 16.5. The van der Waals surface area contributed by atoms with Crippen LogP contribution >= 0.6 is 0 Å². The molecule has 1 aromatic heterocycles.